The molecule has 8 rings (SSSR count). The molecular formula is C43H58N8O4. The van der Waals surface area contributed by atoms with Crippen molar-refractivity contribution in [2.45, 2.75) is 124 Å². The standard InChI is InChI=1S/C22H30N4O2.C21H28N4O2/c1-13-15-9-10-22(2,3)12-19(15)26(25-13)14-7-8-16(21(23)28)18(11-14)24-17-5-4-6-20(17)27;1-13-16-6-8-21(2,3)11-19(16)25(24-13)15-4-5-17(20(22)26)18(10-15)23-14-7-9-27-12-14/h7-8,11,17,20,24,27H,4-6,9-10,12H2,1-3H3,(H2,23,28);4-5,10,14,23H,6-9,11-12H2,1-3H3,(H2,22,26)/t17-,20-;/m0./s1. The second kappa shape index (κ2) is 15.1. The Morgan fingerprint density at radius 3 is 1.73 bits per heavy atom. The van der Waals surface area contributed by atoms with Gasteiger partial charge >= 0.3 is 0 Å². The van der Waals surface area contributed by atoms with Gasteiger partial charge in [-0.25, -0.2) is 9.36 Å². The van der Waals surface area contributed by atoms with E-state index in [1.165, 1.54) is 35.4 Å². The van der Waals surface area contributed by atoms with E-state index >= 15 is 0 Å². The van der Waals surface area contributed by atoms with Crippen LogP contribution in [-0.2, 0) is 30.4 Å². The molecule has 0 spiro atoms. The zero-order chi connectivity index (χ0) is 39.2. The van der Waals surface area contributed by atoms with Gasteiger partial charge in [-0.05, 0) is 136 Å². The molecule has 4 aliphatic rings. The van der Waals surface area contributed by atoms with Crippen LogP contribution in [0.5, 0.6) is 0 Å². The number of fused-ring (bicyclic) bond motifs is 2. The maximum Gasteiger partial charge on any atom is 0.250 e. The van der Waals surface area contributed by atoms with E-state index in [2.05, 4.69) is 52.2 Å². The molecule has 0 radical (unpaired) electrons. The molecule has 4 aromatic rings. The molecule has 3 heterocycles. The normalized spacial score (nSPS) is 22.3. The van der Waals surface area contributed by atoms with E-state index in [9.17, 15) is 14.7 Å². The first-order valence-corrected chi connectivity index (χ1v) is 19.9. The number of amides is 2. The van der Waals surface area contributed by atoms with E-state index in [0.29, 0.717) is 23.4 Å². The highest BCUT2D eigenvalue weighted by molar-refractivity contribution is 5.99. The van der Waals surface area contributed by atoms with Crippen LogP contribution in [0.25, 0.3) is 11.4 Å². The number of nitrogens with two attached hydrogens (primary N) is 2. The molecule has 2 amide bonds. The van der Waals surface area contributed by atoms with Gasteiger partial charge in [0.25, 0.3) is 11.8 Å². The molecule has 1 unspecified atom stereocenters. The number of benzene rings is 2. The van der Waals surface area contributed by atoms with Gasteiger partial charge in [-0.15, -0.1) is 0 Å². The number of anilines is 2. The third-order valence-electron chi connectivity index (χ3n) is 12.1. The van der Waals surface area contributed by atoms with Crippen molar-refractivity contribution in [1.82, 2.24) is 19.6 Å². The molecule has 7 N–H and O–H groups in total. The summed E-state index contributed by atoms with van der Waals surface area (Å²) < 4.78 is 9.52. The van der Waals surface area contributed by atoms with Crippen LogP contribution in [0.2, 0.25) is 0 Å². The van der Waals surface area contributed by atoms with Crippen LogP contribution in [-0.4, -0.2) is 67.9 Å². The van der Waals surface area contributed by atoms with E-state index in [1.54, 1.807) is 12.1 Å². The molecule has 294 valence electrons. The van der Waals surface area contributed by atoms with Crippen molar-refractivity contribution in [1.29, 1.82) is 0 Å². The van der Waals surface area contributed by atoms with Crippen LogP contribution in [0.15, 0.2) is 36.4 Å². The van der Waals surface area contributed by atoms with Crippen molar-refractivity contribution >= 4 is 23.2 Å². The summed E-state index contributed by atoms with van der Waals surface area (Å²) in [5.74, 6) is -0.899. The highest BCUT2D eigenvalue weighted by atomic mass is 16.5. The van der Waals surface area contributed by atoms with E-state index in [0.717, 1.165) is 86.4 Å². The molecule has 12 heteroatoms. The Kier molecular flexibility index (Phi) is 10.6. The van der Waals surface area contributed by atoms with Crippen molar-refractivity contribution in [2.24, 2.45) is 22.3 Å². The molecule has 0 bridgehead atoms. The second-order valence-electron chi connectivity index (χ2n) is 17.7. The van der Waals surface area contributed by atoms with Gasteiger partial charge in [0.05, 0.1) is 58.7 Å². The molecule has 1 saturated carbocycles. The van der Waals surface area contributed by atoms with Gasteiger partial charge in [0, 0.05) is 29.4 Å². The third-order valence-corrected chi connectivity index (χ3v) is 12.1. The van der Waals surface area contributed by atoms with Crippen LogP contribution >= 0.6 is 0 Å². The quantitative estimate of drug-likeness (QED) is 0.143. The van der Waals surface area contributed by atoms with Crippen LogP contribution in [0, 0.1) is 24.7 Å². The van der Waals surface area contributed by atoms with Crippen LogP contribution in [0.1, 0.15) is 121 Å². The van der Waals surface area contributed by atoms with Crippen molar-refractivity contribution in [3.63, 3.8) is 0 Å². The molecule has 2 aromatic heterocycles. The monoisotopic (exact) mass is 750 g/mol. The fourth-order valence-electron chi connectivity index (χ4n) is 8.84. The summed E-state index contributed by atoms with van der Waals surface area (Å²) in [6.45, 7) is 14.8. The van der Waals surface area contributed by atoms with Crippen molar-refractivity contribution in [3.8, 4) is 11.4 Å². The Hall–Kier alpha value is -4.68. The Morgan fingerprint density at radius 2 is 1.29 bits per heavy atom. The van der Waals surface area contributed by atoms with Gasteiger partial charge in [-0.1, -0.05) is 27.7 Å². The number of aromatic nitrogens is 4. The number of rotatable bonds is 8. The Labute approximate surface area is 324 Å². The van der Waals surface area contributed by atoms with E-state index < -0.39 is 17.9 Å². The summed E-state index contributed by atoms with van der Waals surface area (Å²) in [4.78, 5) is 23.8. The molecule has 2 aromatic carbocycles. The van der Waals surface area contributed by atoms with E-state index in [-0.39, 0.29) is 22.9 Å². The highest BCUT2D eigenvalue weighted by Gasteiger charge is 2.32. The number of aliphatic hydroxyl groups is 1. The largest absolute Gasteiger partial charge is 0.391 e. The summed E-state index contributed by atoms with van der Waals surface area (Å²) in [6.07, 6.45) is 9.61. The number of carbonyl (C=O) groups is 2. The number of nitrogens with zero attached hydrogens (tertiary/aromatic N) is 4. The molecular weight excluding hydrogens is 693 g/mol. The van der Waals surface area contributed by atoms with Gasteiger partial charge in [0.15, 0.2) is 0 Å². The zero-order valence-electron chi connectivity index (χ0n) is 33.3. The number of hydrogen-bond acceptors (Lipinski definition) is 8. The first-order chi connectivity index (χ1) is 26.1. The summed E-state index contributed by atoms with van der Waals surface area (Å²) in [6, 6.07) is 11.5. The number of primary amides is 2. The Balaban J connectivity index is 0.000000169. The molecule has 3 atom stereocenters. The second-order valence-corrected chi connectivity index (χ2v) is 17.7. The lowest BCUT2D eigenvalue weighted by atomic mass is 9.76. The Bertz CT molecular complexity index is 2090. The minimum atomic E-state index is -0.471. The van der Waals surface area contributed by atoms with Gasteiger partial charge in [-0.3, -0.25) is 9.59 Å². The van der Waals surface area contributed by atoms with Crippen LogP contribution in [0.3, 0.4) is 0 Å². The number of ether oxygens (including phenoxy) is 1. The SMILES string of the molecule is Cc1nn(-c2ccc(C(N)=O)c(NC3CCOC3)c2)c2c1CCC(C)(C)C2.Cc1nn(-c2ccc(C(N)=O)c(N[C@H]3CCC[C@@H]3O)c2)c2c1CCC(C)(C)C2. The number of aryl methyl sites for hydroxylation is 2. The maximum atomic E-state index is 11.9. The minimum Gasteiger partial charge on any atom is -0.391 e. The molecule has 12 nitrogen and oxygen atoms in total. The summed E-state index contributed by atoms with van der Waals surface area (Å²) in [7, 11) is 0. The average molecular weight is 751 g/mol. The third kappa shape index (κ3) is 8.16. The lowest BCUT2D eigenvalue weighted by molar-refractivity contribution is 0.0992. The fraction of sp³-hybridized carbons (Fsp3) is 0.535. The van der Waals surface area contributed by atoms with Crippen LogP contribution < -0.4 is 22.1 Å². The summed E-state index contributed by atoms with van der Waals surface area (Å²) in [5, 5.41) is 26.6. The Morgan fingerprint density at radius 1 is 0.782 bits per heavy atom. The number of hydrogen-bond donors (Lipinski definition) is 5. The first-order valence-electron chi connectivity index (χ1n) is 19.9. The minimum absolute atomic E-state index is 0.0550. The van der Waals surface area contributed by atoms with Gasteiger partial charge in [0.1, 0.15) is 0 Å². The molecule has 55 heavy (non-hydrogen) atoms. The van der Waals surface area contributed by atoms with Crippen molar-refractivity contribution in [2.75, 3.05) is 23.8 Å². The van der Waals surface area contributed by atoms with E-state index in [4.69, 9.17) is 26.4 Å². The van der Waals surface area contributed by atoms with Gasteiger partial charge in [0.2, 0.25) is 0 Å². The first kappa shape index (κ1) is 38.6. The topological polar surface area (TPSA) is 175 Å². The number of carbonyl (C=O) groups excluding carboxylic acids is 2. The van der Waals surface area contributed by atoms with Crippen LogP contribution in [0.4, 0.5) is 11.4 Å². The molecule has 1 saturated heterocycles. The predicted molar refractivity (Wildman–Crippen MR) is 215 cm³/mol. The predicted octanol–water partition coefficient (Wildman–Crippen LogP) is 6.12. The highest BCUT2D eigenvalue weighted by Crippen LogP contribution is 2.39. The molecule has 2 fully saturated rings. The summed E-state index contributed by atoms with van der Waals surface area (Å²) >= 11 is 0. The summed E-state index contributed by atoms with van der Waals surface area (Å²) in [5.41, 5.74) is 23.4. The molecule has 3 aliphatic carbocycles. The fourth-order valence-corrected chi connectivity index (χ4v) is 8.84. The smallest absolute Gasteiger partial charge is 0.250 e. The average Bonchev–Trinajstić information content (AvgIpc) is 3.92. The lowest BCUT2D eigenvalue weighted by Crippen LogP contribution is -2.29. The maximum absolute atomic E-state index is 11.9. The van der Waals surface area contributed by atoms with Crippen molar-refractivity contribution < 1.29 is 19.4 Å². The van der Waals surface area contributed by atoms with Gasteiger partial charge in [-0.2, -0.15) is 10.2 Å². The van der Waals surface area contributed by atoms with E-state index in [1.807, 2.05) is 33.6 Å². The molecule has 1 aliphatic heterocycles. The van der Waals surface area contributed by atoms with Crippen molar-refractivity contribution in [3.05, 3.63) is 81.4 Å². The lowest BCUT2D eigenvalue weighted by Gasteiger charge is -2.30. The number of aliphatic hydroxyl groups excluding tert-OH is 1. The number of nitrogens with one attached hydrogen (secondary N) is 2. The van der Waals surface area contributed by atoms with Gasteiger partial charge < -0.3 is 31.9 Å². The zero-order valence-corrected chi connectivity index (χ0v) is 33.3.